The molecule has 3 heterocycles. The highest BCUT2D eigenvalue weighted by molar-refractivity contribution is 5.94. The van der Waals surface area contributed by atoms with Crippen LogP contribution in [0.4, 0.5) is 10.2 Å². The average Bonchev–Trinajstić information content (AvgIpc) is 2.79. The molecule has 5 nitrogen and oxygen atoms in total. The third kappa shape index (κ3) is 3.75. The number of rotatable bonds is 4. The van der Waals surface area contributed by atoms with Crippen LogP contribution in [0, 0.1) is 5.82 Å². The van der Waals surface area contributed by atoms with Crippen LogP contribution in [0.25, 0.3) is 33.6 Å². The number of fused-ring (bicyclic) bond motifs is 1. The molecule has 0 spiro atoms. The Balaban J connectivity index is 2.18. The topological polar surface area (TPSA) is 73.9 Å². The van der Waals surface area contributed by atoms with Crippen LogP contribution in [0.15, 0.2) is 73.6 Å². The summed E-state index contributed by atoms with van der Waals surface area (Å²) >= 11 is 0. The molecule has 0 aliphatic rings. The molecule has 0 aliphatic heterocycles. The van der Waals surface area contributed by atoms with E-state index in [0.29, 0.717) is 28.5 Å². The van der Waals surface area contributed by atoms with Gasteiger partial charge in [-0.15, -0.1) is 0 Å². The van der Waals surface area contributed by atoms with Crippen LogP contribution in [0.2, 0.25) is 0 Å². The number of methoxy groups -OCH3 is 1. The van der Waals surface area contributed by atoms with E-state index in [1.54, 1.807) is 49.8 Å². The fraction of sp³-hybridized carbons (Fsp3) is 0.0800. The van der Waals surface area contributed by atoms with E-state index in [4.69, 9.17) is 10.5 Å². The zero-order valence-electron chi connectivity index (χ0n) is 17.3. The quantitative estimate of drug-likeness (QED) is 0.555. The highest BCUT2D eigenvalue weighted by Crippen LogP contribution is 2.29. The number of halogens is 1. The number of hydrogen-bond donors (Lipinski definition) is 1. The maximum atomic E-state index is 14.5. The molecule has 0 saturated carbocycles. The predicted octanol–water partition coefficient (Wildman–Crippen LogP) is 3.57. The van der Waals surface area contributed by atoms with Gasteiger partial charge in [-0.25, -0.2) is 19.3 Å². The number of allylic oxidation sites excluding steroid dienone is 1. The summed E-state index contributed by atoms with van der Waals surface area (Å²) in [4.78, 5) is 13.2. The van der Waals surface area contributed by atoms with Gasteiger partial charge in [0, 0.05) is 28.6 Å². The molecule has 0 fully saturated rings. The van der Waals surface area contributed by atoms with Crippen molar-refractivity contribution >= 4 is 28.2 Å². The summed E-state index contributed by atoms with van der Waals surface area (Å²) in [5.41, 5.74) is 8.99. The van der Waals surface area contributed by atoms with Gasteiger partial charge in [-0.3, -0.25) is 0 Å². The fourth-order valence-electron chi connectivity index (χ4n) is 3.54. The van der Waals surface area contributed by atoms with E-state index in [1.165, 1.54) is 6.07 Å². The van der Waals surface area contributed by atoms with Gasteiger partial charge in [-0.1, -0.05) is 24.8 Å². The van der Waals surface area contributed by atoms with E-state index in [2.05, 4.69) is 21.5 Å². The van der Waals surface area contributed by atoms with Gasteiger partial charge < -0.3 is 10.5 Å². The molecule has 0 radical (unpaired) electrons. The van der Waals surface area contributed by atoms with E-state index in [1.807, 2.05) is 25.1 Å². The number of ether oxygens (including phenoxy) is 1. The molecular formula is C25H21FN4O. The first-order valence-electron chi connectivity index (χ1n) is 9.67. The van der Waals surface area contributed by atoms with Gasteiger partial charge in [-0.05, 0) is 59.7 Å². The first-order chi connectivity index (χ1) is 15.0. The van der Waals surface area contributed by atoms with Crippen molar-refractivity contribution in [1.82, 2.24) is 15.0 Å². The Bertz CT molecular complexity index is 1430. The summed E-state index contributed by atoms with van der Waals surface area (Å²) in [5.74, 6) is 0.703. The lowest BCUT2D eigenvalue weighted by Crippen LogP contribution is -2.30. The second kappa shape index (κ2) is 8.36. The molecule has 0 unspecified atom stereocenters. The molecule has 154 valence electrons. The number of aromatic nitrogens is 3. The largest absolute Gasteiger partial charge is 0.501 e. The highest BCUT2D eigenvalue weighted by Gasteiger charge is 2.14. The van der Waals surface area contributed by atoms with Crippen LogP contribution in [0.3, 0.4) is 0 Å². The summed E-state index contributed by atoms with van der Waals surface area (Å²) in [7, 11) is 1.60. The van der Waals surface area contributed by atoms with Crippen molar-refractivity contribution < 1.29 is 9.13 Å². The average molecular weight is 412 g/mol. The summed E-state index contributed by atoms with van der Waals surface area (Å²) in [5, 5.41) is 2.40. The molecule has 3 aromatic heterocycles. The van der Waals surface area contributed by atoms with Crippen molar-refractivity contribution in [2.45, 2.75) is 6.92 Å². The summed E-state index contributed by atoms with van der Waals surface area (Å²) < 4.78 is 20.0. The Labute approximate surface area is 179 Å². The lowest BCUT2D eigenvalue weighted by Gasteiger charge is -2.12. The lowest BCUT2D eigenvalue weighted by atomic mass is 9.97. The molecule has 0 amide bonds. The third-order valence-electron chi connectivity index (χ3n) is 5.13. The van der Waals surface area contributed by atoms with Crippen molar-refractivity contribution in [1.29, 1.82) is 0 Å². The minimum absolute atomic E-state index is 0.353. The second-order valence-corrected chi connectivity index (χ2v) is 6.94. The highest BCUT2D eigenvalue weighted by atomic mass is 19.1. The van der Waals surface area contributed by atoms with Crippen LogP contribution in [0.5, 0.6) is 0 Å². The Morgan fingerprint density at radius 1 is 1.10 bits per heavy atom. The zero-order valence-corrected chi connectivity index (χ0v) is 17.3. The van der Waals surface area contributed by atoms with Crippen molar-refractivity contribution in [2.24, 2.45) is 0 Å². The molecule has 0 saturated heterocycles. The normalized spacial score (nSPS) is 13.0. The first kappa shape index (κ1) is 20.2. The van der Waals surface area contributed by atoms with Crippen molar-refractivity contribution in [3.8, 4) is 11.3 Å². The first-order valence-corrected chi connectivity index (χ1v) is 9.67. The number of nitrogen functional groups attached to an aromatic ring is 1. The van der Waals surface area contributed by atoms with Crippen LogP contribution >= 0.6 is 0 Å². The number of nitrogens with two attached hydrogens (primary N) is 1. The van der Waals surface area contributed by atoms with E-state index in [0.717, 1.165) is 27.0 Å². The van der Waals surface area contributed by atoms with Gasteiger partial charge in [0.25, 0.3) is 0 Å². The van der Waals surface area contributed by atoms with E-state index in [-0.39, 0.29) is 5.82 Å². The molecule has 6 heteroatoms. The zero-order chi connectivity index (χ0) is 22.0. The molecule has 0 aliphatic carbocycles. The van der Waals surface area contributed by atoms with Crippen molar-refractivity contribution in [3.63, 3.8) is 0 Å². The molecule has 31 heavy (non-hydrogen) atoms. The maximum absolute atomic E-state index is 14.5. The summed E-state index contributed by atoms with van der Waals surface area (Å²) in [6.07, 6.45) is 5.08. The monoisotopic (exact) mass is 412 g/mol. The standard InChI is InChI=1S/C25H21FN4O/c1-4-16(20-13-24(27)29-14-21(20)15(2)31-3)19-12-23(18-8-5-6-10-22(18)26)30-25-17(19)9-7-11-28-25/h4-14H,1,27H2,2-3H3. The van der Waals surface area contributed by atoms with Crippen LogP contribution in [-0.4, -0.2) is 22.1 Å². The number of benzene rings is 1. The van der Waals surface area contributed by atoms with Gasteiger partial charge in [0.05, 0.1) is 12.8 Å². The SMILES string of the molecule is C=CC(c1cc(-c2ccccc2F)nc2ncccc12)=c1cc(N)ncc1=C(C)OC. The van der Waals surface area contributed by atoms with E-state index < -0.39 is 0 Å². The van der Waals surface area contributed by atoms with Gasteiger partial charge in [0.15, 0.2) is 5.65 Å². The maximum Gasteiger partial charge on any atom is 0.160 e. The number of anilines is 1. The smallest absolute Gasteiger partial charge is 0.160 e. The third-order valence-corrected chi connectivity index (χ3v) is 5.13. The number of nitrogens with zero attached hydrogens (tertiary/aromatic N) is 3. The van der Waals surface area contributed by atoms with E-state index >= 15 is 0 Å². The van der Waals surface area contributed by atoms with Crippen LogP contribution in [0.1, 0.15) is 12.5 Å². The van der Waals surface area contributed by atoms with Gasteiger partial charge in [-0.2, -0.15) is 0 Å². The minimum Gasteiger partial charge on any atom is -0.501 e. The Kier molecular flexibility index (Phi) is 5.45. The van der Waals surface area contributed by atoms with Gasteiger partial charge in [0.1, 0.15) is 17.4 Å². The summed E-state index contributed by atoms with van der Waals surface area (Å²) in [6, 6.07) is 13.9. The van der Waals surface area contributed by atoms with Crippen LogP contribution < -0.4 is 16.2 Å². The fourth-order valence-corrected chi connectivity index (χ4v) is 3.54. The molecule has 0 atom stereocenters. The number of pyridine rings is 3. The molecule has 0 bridgehead atoms. The predicted molar refractivity (Wildman–Crippen MR) is 122 cm³/mol. The molecule has 1 aromatic carbocycles. The Morgan fingerprint density at radius 2 is 1.90 bits per heavy atom. The van der Waals surface area contributed by atoms with E-state index in [9.17, 15) is 4.39 Å². The van der Waals surface area contributed by atoms with Crippen LogP contribution in [-0.2, 0) is 4.74 Å². The molecule has 4 aromatic rings. The second-order valence-electron chi connectivity index (χ2n) is 6.94. The minimum atomic E-state index is -0.353. The number of hydrogen-bond acceptors (Lipinski definition) is 5. The molecule has 2 N–H and O–H groups in total. The summed E-state index contributed by atoms with van der Waals surface area (Å²) in [6.45, 7) is 5.89. The van der Waals surface area contributed by atoms with Crippen molar-refractivity contribution in [3.05, 3.63) is 95.4 Å². The van der Waals surface area contributed by atoms with Crippen molar-refractivity contribution in [2.75, 3.05) is 12.8 Å². The van der Waals surface area contributed by atoms with Gasteiger partial charge >= 0.3 is 0 Å². The van der Waals surface area contributed by atoms with Gasteiger partial charge in [0.2, 0.25) is 0 Å². The lowest BCUT2D eigenvalue weighted by molar-refractivity contribution is 0.360. The Hall–Kier alpha value is -4.06. The Morgan fingerprint density at radius 3 is 2.65 bits per heavy atom. The molecule has 4 rings (SSSR count). The molecular weight excluding hydrogens is 391 g/mol.